The van der Waals surface area contributed by atoms with E-state index in [1.165, 1.54) is 11.3 Å². The number of nitrogens with zero attached hydrogens (tertiary/aromatic N) is 3. The van der Waals surface area contributed by atoms with E-state index in [-0.39, 0.29) is 11.9 Å². The number of rotatable bonds is 2. The number of carbonyl (C=O) groups excluding carboxylic acids is 1. The van der Waals surface area contributed by atoms with Crippen molar-refractivity contribution in [3.05, 3.63) is 33.6 Å². The summed E-state index contributed by atoms with van der Waals surface area (Å²) in [6.07, 6.45) is 5.49. The lowest BCUT2D eigenvalue weighted by Gasteiger charge is -2.27. The van der Waals surface area contributed by atoms with E-state index < -0.39 is 0 Å². The summed E-state index contributed by atoms with van der Waals surface area (Å²) in [5.74, 6) is 0.711. The second kappa shape index (κ2) is 5.97. The molecule has 21 heavy (non-hydrogen) atoms. The van der Waals surface area contributed by atoms with Crippen LogP contribution >= 0.6 is 11.3 Å². The molecule has 1 atom stereocenters. The van der Waals surface area contributed by atoms with Crippen molar-refractivity contribution in [3.8, 4) is 0 Å². The molecule has 1 aliphatic heterocycles. The molecule has 3 rings (SSSR count). The Labute approximate surface area is 128 Å². The third-order valence-electron chi connectivity index (χ3n) is 4.21. The number of hydrogen-bond donors (Lipinski definition) is 0. The van der Waals surface area contributed by atoms with Crippen molar-refractivity contribution in [2.24, 2.45) is 0 Å². The van der Waals surface area contributed by atoms with Gasteiger partial charge in [-0.3, -0.25) is 4.79 Å². The fourth-order valence-electron chi connectivity index (χ4n) is 2.82. The van der Waals surface area contributed by atoms with Crippen LogP contribution in [0.1, 0.15) is 58.3 Å². The van der Waals surface area contributed by atoms with Gasteiger partial charge in [0.05, 0.1) is 11.6 Å². The molecule has 1 fully saturated rings. The fraction of sp³-hybridized carbons (Fsp3) is 0.533. The summed E-state index contributed by atoms with van der Waals surface area (Å²) < 4.78 is 4.87. The number of hydrogen-bond acceptors (Lipinski definition) is 5. The highest BCUT2D eigenvalue weighted by Gasteiger charge is 2.31. The molecule has 0 saturated carbocycles. The van der Waals surface area contributed by atoms with E-state index in [2.05, 4.69) is 17.1 Å². The van der Waals surface area contributed by atoms with Gasteiger partial charge in [-0.25, -0.2) is 0 Å². The highest BCUT2D eigenvalue weighted by molar-refractivity contribution is 7.10. The van der Waals surface area contributed by atoms with Crippen LogP contribution < -0.4 is 0 Å². The van der Waals surface area contributed by atoms with Crippen molar-refractivity contribution in [1.29, 1.82) is 0 Å². The number of amides is 1. The second-order valence-electron chi connectivity index (χ2n) is 5.48. The fourth-order valence-corrected chi connectivity index (χ4v) is 3.68. The Morgan fingerprint density at radius 3 is 2.90 bits per heavy atom. The zero-order valence-corrected chi connectivity index (χ0v) is 13.2. The molecule has 5 nitrogen and oxygen atoms in total. The lowest BCUT2D eigenvalue weighted by Crippen LogP contribution is -2.35. The van der Waals surface area contributed by atoms with E-state index in [0.29, 0.717) is 5.82 Å². The van der Waals surface area contributed by atoms with Crippen LogP contribution in [-0.4, -0.2) is 27.5 Å². The minimum atomic E-state index is -0.0710. The van der Waals surface area contributed by atoms with E-state index in [0.717, 1.165) is 43.4 Å². The predicted molar refractivity (Wildman–Crippen MR) is 80.3 cm³/mol. The first-order valence-corrected chi connectivity index (χ1v) is 8.18. The van der Waals surface area contributed by atoms with Crippen molar-refractivity contribution >= 4 is 17.2 Å². The lowest BCUT2D eigenvalue weighted by molar-refractivity contribution is 0.0670. The molecule has 0 spiro atoms. The number of aromatic nitrogens is 2. The van der Waals surface area contributed by atoms with Crippen LogP contribution in [0.15, 0.2) is 16.3 Å². The van der Waals surface area contributed by atoms with Crippen molar-refractivity contribution in [1.82, 2.24) is 15.0 Å². The van der Waals surface area contributed by atoms with Gasteiger partial charge >= 0.3 is 0 Å². The molecule has 1 aliphatic rings. The summed E-state index contributed by atoms with van der Waals surface area (Å²) in [4.78, 5) is 20.2. The van der Waals surface area contributed by atoms with E-state index in [1.54, 1.807) is 11.3 Å². The average Bonchev–Trinajstić information content (AvgIpc) is 3.04. The molecule has 1 amide bonds. The minimum Gasteiger partial charge on any atom is -0.343 e. The first kappa shape index (κ1) is 14.3. The summed E-state index contributed by atoms with van der Waals surface area (Å²) in [6, 6.07) is -0.0710. The third kappa shape index (κ3) is 2.72. The van der Waals surface area contributed by atoms with Crippen LogP contribution in [0.4, 0.5) is 0 Å². The standard InChI is InChI=1S/C15H19N3O2S/c1-10-11(2)21-8-12(10)15(19)18-7-5-3-4-6-13(18)14-16-9-20-17-14/h8-9,13H,3-7H2,1-2H3. The smallest absolute Gasteiger partial charge is 0.255 e. The number of thiophene rings is 1. The molecule has 112 valence electrons. The Morgan fingerprint density at radius 1 is 1.38 bits per heavy atom. The van der Waals surface area contributed by atoms with Gasteiger partial charge in [-0.15, -0.1) is 11.3 Å². The Kier molecular flexibility index (Phi) is 4.05. The largest absolute Gasteiger partial charge is 0.343 e. The first-order chi connectivity index (χ1) is 10.2. The van der Waals surface area contributed by atoms with Crippen LogP contribution in [0.25, 0.3) is 0 Å². The average molecular weight is 305 g/mol. The van der Waals surface area contributed by atoms with Gasteiger partial charge < -0.3 is 9.42 Å². The molecule has 0 aliphatic carbocycles. The van der Waals surface area contributed by atoms with Gasteiger partial charge in [-0.2, -0.15) is 4.98 Å². The number of aryl methyl sites for hydroxylation is 1. The van der Waals surface area contributed by atoms with Crippen molar-refractivity contribution in [3.63, 3.8) is 0 Å². The molecule has 0 N–H and O–H groups in total. The summed E-state index contributed by atoms with van der Waals surface area (Å²) in [5, 5.41) is 5.92. The number of likely N-dealkylation sites (tertiary alicyclic amines) is 1. The molecule has 0 radical (unpaired) electrons. The molecule has 1 unspecified atom stereocenters. The van der Waals surface area contributed by atoms with E-state index >= 15 is 0 Å². The van der Waals surface area contributed by atoms with Crippen molar-refractivity contribution < 1.29 is 9.32 Å². The lowest BCUT2D eigenvalue weighted by atomic mass is 10.1. The zero-order chi connectivity index (χ0) is 14.8. The van der Waals surface area contributed by atoms with E-state index in [1.807, 2.05) is 17.2 Å². The second-order valence-corrected chi connectivity index (χ2v) is 6.57. The monoisotopic (exact) mass is 305 g/mol. The van der Waals surface area contributed by atoms with Gasteiger partial charge in [-0.1, -0.05) is 18.0 Å². The van der Waals surface area contributed by atoms with Crippen LogP contribution in [0.3, 0.4) is 0 Å². The maximum Gasteiger partial charge on any atom is 0.255 e. The molecule has 2 aromatic heterocycles. The molecule has 3 heterocycles. The van der Waals surface area contributed by atoms with Crippen LogP contribution in [0.5, 0.6) is 0 Å². The first-order valence-electron chi connectivity index (χ1n) is 7.30. The Bertz CT molecular complexity index is 621. The molecule has 6 heteroatoms. The molecule has 0 aromatic carbocycles. The maximum absolute atomic E-state index is 12.9. The predicted octanol–water partition coefficient (Wildman–Crippen LogP) is 3.51. The molecule has 0 bridgehead atoms. The Morgan fingerprint density at radius 2 is 2.24 bits per heavy atom. The molecular weight excluding hydrogens is 286 g/mol. The molecule has 2 aromatic rings. The Balaban J connectivity index is 1.92. The van der Waals surface area contributed by atoms with Gasteiger partial charge in [-0.05, 0) is 32.3 Å². The SMILES string of the molecule is Cc1scc(C(=O)N2CCCCCC2c2ncon2)c1C. The molecular formula is C15H19N3O2S. The highest BCUT2D eigenvalue weighted by atomic mass is 32.1. The van der Waals surface area contributed by atoms with Crippen LogP contribution in [-0.2, 0) is 0 Å². The summed E-state index contributed by atoms with van der Waals surface area (Å²) in [5.41, 5.74) is 1.90. The van der Waals surface area contributed by atoms with Crippen LogP contribution in [0.2, 0.25) is 0 Å². The highest BCUT2D eigenvalue weighted by Crippen LogP contribution is 2.31. The van der Waals surface area contributed by atoms with Crippen LogP contribution in [0, 0.1) is 13.8 Å². The van der Waals surface area contributed by atoms with Gasteiger partial charge in [0, 0.05) is 16.8 Å². The van der Waals surface area contributed by atoms with Crippen molar-refractivity contribution in [2.75, 3.05) is 6.54 Å². The minimum absolute atomic E-state index is 0.0710. The summed E-state index contributed by atoms with van der Waals surface area (Å²) in [7, 11) is 0. The topological polar surface area (TPSA) is 59.2 Å². The van der Waals surface area contributed by atoms with E-state index in [4.69, 9.17) is 4.52 Å². The normalized spacial score (nSPS) is 19.5. The maximum atomic E-state index is 12.9. The molecule has 1 saturated heterocycles. The summed E-state index contributed by atoms with van der Waals surface area (Å²) in [6.45, 7) is 4.82. The summed E-state index contributed by atoms with van der Waals surface area (Å²) >= 11 is 1.63. The van der Waals surface area contributed by atoms with Gasteiger partial charge in [0.1, 0.15) is 0 Å². The number of carbonyl (C=O) groups is 1. The zero-order valence-electron chi connectivity index (χ0n) is 12.3. The van der Waals surface area contributed by atoms with Crippen molar-refractivity contribution in [2.45, 2.75) is 45.6 Å². The third-order valence-corrected chi connectivity index (χ3v) is 5.22. The van der Waals surface area contributed by atoms with E-state index in [9.17, 15) is 4.79 Å². The Hall–Kier alpha value is -1.69. The van der Waals surface area contributed by atoms with Gasteiger partial charge in [0.15, 0.2) is 5.82 Å². The quantitative estimate of drug-likeness (QED) is 0.852. The van der Waals surface area contributed by atoms with Gasteiger partial charge in [0.2, 0.25) is 6.39 Å². The van der Waals surface area contributed by atoms with Gasteiger partial charge in [0.25, 0.3) is 5.91 Å².